The topological polar surface area (TPSA) is 69.7 Å². The fraction of sp³-hybridized carbons (Fsp3) is 0.880. The molecule has 4 saturated carbocycles. The molecule has 0 radical (unpaired) electrons. The van der Waals surface area contributed by atoms with Crippen LogP contribution >= 0.6 is 0 Å². The van der Waals surface area contributed by atoms with Gasteiger partial charge in [0, 0.05) is 25.7 Å². The van der Waals surface area contributed by atoms with Crippen molar-refractivity contribution in [3.05, 3.63) is 0 Å². The number of fused-ring (bicyclic) bond motifs is 5. The third kappa shape index (κ3) is 4.18. The average Bonchev–Trinajstić information content (AvgIpc) is 3.17. The summed E-state index contributed by atoms with van der Waals surface area (Å²) in [5.41, 5.74) is 0. The van der Waals surface area contributed by atoms with Gasteiger partial charge in [-0.25, -0.2) is 0 Å². The number of ether oxygens (including phenoxy) is 2. The zero-order chi connectivity index (χ0) is 21.4. The van der Waals surface area contributed by atoms with Crippen molar-refractivity contribution in [1.29, 1.82) is 0 Å². The van der Waals surface area contributed by atoms with Crippen LogP contribution in [0.1, 0.15) is 78.1 Å². The van der Waals surface area contributed by atoms with Crippen LogP contribution in [-0.4, -0.2) is 30.9 Å². The lowest BCUT2D eigenvalue weighted by Crippen LogP contribution is -2.49. The summed E-state index contributed by atoms with van der Waals surface area (Å²) >= 11 is 0. The van der Waals surface area contributed by atoms with Crippen molar-refractivity contribution in [1.82, 2.24) is 0 Å². The van der Waals surface area contributed by atoms with E-state index in [9.17, 15) is 14.4 Å². The number of hydrogen-bond donors (Lipinski definition) is 0. The average molecular weight is 419 g/mol. The first kappa shape index (κ1) is 21.8. The first-order valence-electron chi connectivity index (χ1n) is 12.2. The number of ketones is 1. The minimum absolute atomic E-state index is 0.0823. The van der Waals surface area contributed by atoms with Crippen molar-refractivity contribution in [3.8, 4) is 0 Å². The molecule has 0 aromatic heterocycles. The Labute approximate surface area is 180 Å². The van der Waals surface area contributed by atoms with Crippen LogP contribution in [0.3, 0.4) is 0 Å². The third-order valence-electron chi connectivity index (χ3n) is 9.17. The molecule has 9 atom stereocenters. The molecule has 4 aliphatic rings. The van der Waals surface area contributed by atoms with E-state index >= 15 is 0 Å². The molecule has 0 bridgehead atoms. The number of Topliss-reactive ketones (excluding diaryl/α,β-unsaturated/α-hetero) is 1. The molecular formula is C25H38O5. The van der Waals surface area contributed by atoms with Crippen LogP contribution in [0.2, 0.25) is 0 Å². The Balaban J connectivity index is 1.41. The highest BCUT2D eigenvalue weighted by molar-refractivity contribution is 5.83. The first-order chi connectivity index (χ1) is 14.4. The zero-order valence-corrected chi connectivity index (χ0v) is 18.8. The largest absolute Gasteiger partial charge is 0.469 e. The Morgan fingerprint density at radius 2 is 1.73 bits per heavy atom. The molecule has 5 heteroatoms. The van der Waals surface area contributed by atoms with Gasteiger partial charge in [-0.1, -0.05) is 6.92 Å². The van der Waals surface area contributed by atoms with Gasteiger partial charge in [-0.3, -0.25) is 14.4 Å². The lowest BCUT2D eigenvalue weighted by atomic mass is 9.52. The van der Waals surface area contributed by atoms with Crippen LogP contribution in [0.15, 0.2) is 0 Å². The van der Waals surface area contributed by atoms with Crippen molar-refractivity contribution < 1.29 is 23.9 Å². The summed E-state index contributed by atoms with van der Waals surface area (Å²) in [6.07, 6.45) is 9.94. The van der Waals surface area contributed by atoms with Crippen molar-refractivity contribution in [2.24, 2.45) is 47.3 Å². The SMILES string of the molecule is COC(=O)CC[C@H](C)[C@@H]1CC[C@@H]2[C@@H]3CC[C@@H]4C[C@H](OC(C)=O)CC[C@@H]4[C@H]3CC(=O)[C@@H]21. The van der Waals surface area contributed by atoms with Crippen LogP contribution in [0.25, 0.3) is 0 Å². The number of methoxy groups -OCH3 is 1. The van der Waals surface area contributed by atoms with E-state index in [2.05, 4.69) is 6.92 Å². The van der Waals surface area contributed by atoms with Gasteiger partial charge in [0.1, 0.15) is 11.9 Å². The molecule has 5 nitrogen and oxygen atoms in total. The summed E-state index contributed by atoms with van der Waals surface area (Å²) < 4.78 is 10.3. The first-order valence-corrected chi connectivity index (χ1v) is 12.2. The van der Waals surface area contributed by atoms with Crippen LogP contribution in [-0.2, 0) is 23.9 Å². The molecule has 0 unspecified atom stereocenters. The van der Waals surface area contributed by atoms with Crippen LogP contribution < -0.4 is 0 Å². The molecule has 4 aliphatic carbocycles. The van der Waals surface area contributed by atoms with Crippen LogP contribution in [0.4, 0.5) is 0 Å². The summed E-state index contributed by atoms with van der Waals surface area (Å²) in [6.45, 7) is 3.73. The van der Waals surface area contributed by atoms with E-state index in [1.54, 1.807) is 0 Å². The van der Waals surface area contributed by atoms with Gasteiger partial charge in [0.05, 0.1) is 7.11 Å². The summed E-state index contributed by atoms with van der Waals surface area (Å²) in [7, 11) is 1.44. The van der Waals surface area contributed by atoms with Crippen LogP contribution in [0.5, 0.6) is 0 Å². The standard InChI is InChI=1S/C25H38O5/c1-14(4-11-24(28)29-3)18-9-10-21-20-7-5-16-12-17(30-15(2)26)6-8-19(16)22(20)13-23(27)25(18)21/h14,16-22,25H,4-13H2,1-3H3/t14-,16+,17+,18-,19-,20-,21+,22+,25+/m0/s1. The quantitative estimate of drug-likeness (QED) is 0.612. The zero-order valence-electron chi connectivity index (χ0n) is 18.8. The Bertz CT molecular complexity index is 672. The fourth-order valence-electron chi connectivity index (χ4n) is 7.94. The van der Waals surface area contributed by atoms with Gasteiger partial charge >= 0.3 is 11.9 Å². The van der Waals surface area contributed by atoms with Gasteiger partial charge in [0.25, 0.3) is 0 Å². The van der Waals surface area contributed by atoms with Crippen LogP contribution in [0, 0.1) is 47.3 Å². The van der Waals surface area contributed by atoms with Gasteiger partial charge in [-0.05, 0) is 92.8 Å². The second-order valence-electron chi connectivity index (χ2n) is 10.6. The highest BCUT2D eigenvalue weighted by atomic mass is 16.5. The highest BCUT2D eigenvalue weighted by Gasteiger charge is 2.55. The number of hydrogen-bond acceptors (Lipinski definition) is 5. The number of carbonyl (C=O) groups is 3. The Hall–Kier alpha value is -1.39. The van der Waals surface area contributed by atoms with E-state index in [4.69, 9.17) is 9.47 Å². The van der Waals surface area contributed by atoms with Crippen molar-refractivity contribution in [3.63, 3.8) is 0 Å². The van der Waals surface area contributed by atoms with E-state index in [1.807, 2.05) is 0 Å². The monoisotopic (exact) mass is 418 g/mol. The summed E-state index contributed by atoms with van der Waals surface area (Å²) in [5, 5.41) is 0. The minimum Gasteiger partial charge on any atom is -0.469 e. The van der Waals surface area contributed by atoms with E-state index in [0.29, 0.717) is 53.6 Å². The number of esters is 2. The molecular weight excluding hydrogens is 380 g/mol. The maximum Gasteiger partial charge on any atom is 0.305 e. The molecule has 0 aliphatic heterocycles. The lowest BCUT2D eigenvalue weighted by Gasteiger charge is -2.52. The van der Waals surface area contributed by atoms with E-state index in [-0.39, 0.29) is 24.0 Å². The van der Waals surface area contributed by atoms with Gasteiger partial charge in [0.2, 0.25) is 0 Å². The second-order valence-corrected chi connectivity index (χ2v) is 10.6. The summed E-state index contributed by atoms with van der Waals surface area (Å²) in [4.78, 5) is 36.3. The van der Waals surface area contributed by atoms with Crippen molar-refractivity contribution in [2.45, 2.75) is 84.2 Å². The molecule has 0 saturated heterocycles. The van der Waals surface area contributed by atoms with E-state index in [1.165, 1.54) is 33.3 Å². The smallest absolute Gasteiger partial charge is 0.305 e. The van der Waals surface area contributed by atoms with E-state index in [0.717, 1.165) is 38.5 Å². The minimum atomic E-state index is -0.166. The summed E-state index contributed by atoms with van der Waals surface area (Å²) in [6, 6.07) is 0. The lowest BCUT2D eigenvalue weighted by molar-refractivity contribution is -0.152. The molecule has 30 heavy (non-hydrogen) atoms. The summed E-state index contributed by atoms with van der Waals surface area (Å²) in [5.74, 6) is 4.27. The third-order valence-corrected chi connectivity index (χ3v) is 9.17. The molecule has 0 aromatic carbocycles. The maximum absolute atomic E-state index is 13.4. The Kier molecular flexibility index (Phi) is 6.55. The molecule has 4 fully saturated rings. The fourth-order valence-corrected chi connectivity index (χ4v) is 7.94. The van der Waals surface area contributed by atoms with Gasteiger partial charge in [-0.15, -0.1) is 0 Å². The Morgan fingerprint density at radius 3 is 2.47 bits per heavy atom. The molecule has 0 aromatic rings. The van der Waals surface area contributed by atoms with Gasteiger partial charge < -0.3 is 9.47 Å². The van der Waals surface area contributed by atoms with Gasteiger partial charge in [0.15, 0.2) is 0 Å². The molecule has 0 heterocycles. The molecule has 0 amide bonds. The van der Waals surface area contributed by atoms with Crippen molar-refractivity contribution >= 4 is 17.7 Å². The van der Waals surface area contributed by atoms with Crippen molar-refractivity contribution in [2.75, 3.05) is 7.11 Å². The normalized spacial score (nSPS) is 41.2. The number of rotatable bonds is 5. The molecule has 4 rings (SSSR count). The second kappa shape index (κ2) is 9.00. The van der Waals surface area contributed by atoms with Gasteiger partial charge in [-0.2, -0.15) is 0 Å². The number of carbonyl (C=O) groups excluding carboxylic acids is 3. The predicted octanol–water partition coefficient (Wildman–Crippen LogP) is 4.57. The maximum atomic E-state index is 13.4. The molecule has 0 spiro atoms. The van der Waals surface area contributed by atoms with E-state index < -0.39 is 0 Å². The predicted molar refractivity (Wildman–Crippen MR) is 112 cm³/mol. The molecule has 0 N–H and O–H groups in total. The molecule has 168 valence electrons. The Morgan fingerprint density at radius 1 is 1.00 bits per heavy atom. The highest BCUT2D eigenvalue weighted by Crippen LogP contribution is 2.59.